The van der Waals surface area contributed by atoms with E-state index in [1.165, 1.54) is 0 Å². The van der Waals surface area contributed by atoms with Crippen molar-refractivity contribution in [3.63, 3.8) is 0 Å². The molecule has 3 atom stereocenters. The molecule has 0 aromatic heterocycles. The Bertz CT molecular complexity index is 921. The number of hydrogen-bond donors (Lipinski definition) is 1. The first-order valence-corrected chi connectivity index (χ1v) is 22.0. The fourth-order valence-corrected chi connectivity index (χ4v) is 14.5. The van der Waals surface area contributed by atoms with E-state index in [-0.39, 0.29) is 6.35 Å². The maximum atomic E-state index is 11.5. The van der Waals surface area contributed by atoms with Crippen LogP contribution in [-0.2, 0) is 23.2 Å². The minimum atomic E-state index is -3.42. The smallest absolute Gasteiger partial charge is 0.412 e. The Hall–Kier alpha value is -0.210. The molecule has 1 aromatic rings. The zero-order chi connectivity index (χ0) is 32.6. The van der Waals surface area contributed by atoms with Crippen molar-refractivity contribution in [1.82, 2.24) is 9.21 Å². The topological polar surface area (TPSA) is 94.5 Å². The number of benzene rings is 1. The van der Waals surface area contributed by atoms with E-state index >= 15 is 0 Å². The van der Waals surface area contributed by atoms with E-state index in [9.17, 15) is 5.11 Å². The van der Waals surface area contributed by atoms with Crippen molar-refractivity contribution >= 4 is 23.9 Å². The van der Waals surface area contributed by atoms with Gasteiger partial charge in [0.2, 0.25) is 6.35 Å². The van der Waals surface area contributed by atoms with Crippen LogP contribution in [0.2, 0.25) is 0 Å². The number of nitrogens with zero attached hydrogens (tertiary/aromatic N) is 3. The molecule has 262 valence electrons. The summed E-state index contributed by atoms with van der Waals surface area (Å²) < 4.78 is 35.8. The molecule has 3 unspecified atom stereocenters. The molecule has 1 aromatic carbocycles. The van der Waals surface area contributed by atoms with Gasteiger partial charge in [-0.05, 0) is 44.2 Å². The summed E-state index contributed by atoms with van der Waals surface area (Å²) in [5.74, 6) is 0.618. The average Bonchev–Trinajstić information content (AvgIpc) is 3.06. The lowest BCUT2D eigenvalue weighted by atomic mass is 10.3. The van der Waals surface area contributed by atoms with Crippen LogP contribution < -0.4 is 4.52 Å². The van der Waals surface area contributed by atoms with Crippen molar-refractivity contribution in [1.29, 1.82) is 0 Å². The highest BCUT2D eigenvalue weighted by atomic mass is 31.3. The molecule has 13 heteroatoms. The summed E-state index contributed by atoms with van der Waals surface area (Å²) >= 11 is 0. The third kappa shape index (κ3) is 13.7. The number of aliphatic hydroxyl groups excluding tert-OH is 1. The molecule has 0 saturated heterocycles. The van der Waals surface area contributed by atoms with Gasteiger partial charge >= 0.3 is 23.9 Å². The van der Waals surface area contributed by atoms with Gasteiger partial charge < -0.3 is 14.2 Å². The monoisotopic (exact) mass is 694 g/mol. The minimum absolute atomic E-state index is 0.342. The van der Waals surface area contributed by atoms with Crippen LogP contribution in [-0.4, -0.2) is 53.7 Å². The van der Waals surface area contributed by atoms with Crippen LogP contribution in [0.4, 0.5) is 0 Å². The molecule has 1 aliphatic heterocycles. The minimum Gasteiger partial charge on any atom is -0.424 e. The molecule has 0 aliphatic carbocycles. The van der Waals surface area contributed by atoms with Gasteiger partial charge in [-0.1, -0.05) is 117 Å². The number of aliphatic hydroxyl groups is 1. The van der Waals surface area contributed by atoms with E-state index in [1.54, 1.807) is 9.21 Å². The van der Waals surface area contributed by atoms with Crippen LogP contribution >= 0.6 is 23.9 Å². The molecule has 10 nitrogen and oxygen atoms in total. The molecule has 0 bridgehead atoms. The Labute approximate surface area is 276 Å². The normalized spacial score (nSPS) is 22.5. The molecule has 2 rings (SSSR count). The van der Waals surface area contributed by atoms with Gasteiger partial charge in [-0.2, -0.15) is 9.04 Å². The predicted octanol–water partition coefficient (Wildman–Crippen LogP) is 11.4. The standard InChI is InChI=1S/C32H63N3O7P3/c1-6-11-19-26-37-34-43(39-28-21-13-8-3)33-45(41-30-23-15-10-5,42-32-24-17-16-18-25-32)35(38-27-20-12-7-2)44(34,31-36)40-29-22-14-9-4/h16-18,24-25,36H,6-15,19-23,26-31H2,1-5H3/q+1. The molecule has 45 heavy (non-hydrogen) atoms. The van der Waals surface area contributed by atoms with Crippen LogP contribution in [0.15, 0.2) is 34.8 Å². The Kier molecular flexibility index (Phi) is 22.6. The highest BCUT2D eigenvalue weighted by Gasteiger charge is 2.71. The maximum Gasteiger partial charge on any atom is 0.412 e. The second kappa shape index (κ2) is 24.9. The number of hydrogen-bond acceptors (Lipinski definition) is 10. The Morgan fingerprint density at radius 1 is 0.689 bits per heavy atom. The van der Waals surface area contributed by atoms with Gasteiger partial charge in [0, 0.05) is 0 Å². The first-order valence-electron chi connectivity index (χ1n) is 17.5. The largest absolute Gasteiger partial charge is 0.424 e. The van der Waals surface area contributed by atoms with Gasteiger partial charge in [0.05, 0.1) is 42.2 Å². The first-order chi connectivity index (χ1) is 22.1. The van der Waals surface area contributed by atoms with Crippen molar-refractivity contribution in [2.45, 2.75) is 131 Å². The van der Waals surface area contributed by atoms with Gasteiger partial charge in [0.1, 0.15) is 5.75 Å². The lowest BCUT2D eigenvalue weighted by Crippen LogP contribution is -2.40. The van der Waals surface area contributed by atoms with E-state index < -0.39 is 23.9 Å². The highest BCUT2D eigenvalue weighted by molar-refractivity contribution is 7.85. The van der Waals surface area contributed by atoms with Gasteiger partial charge in [-0.3, -0.25) is 14.2 Å². The van der Waals surface area contributed by atoms with E-state index in [2.05, 4.69) is 34.6 Å². The second-order valence-corrected chi connectivity index (χ2v) is 18.1. The van der Waals surface area contributed by atoms with Crippen LogP contribution in [0.3, 0.4) is 0 Å². The predicted molar refractivity (Wildman–Crippen MR) is 188 cm³/mol. The summed E-state index contributed by atoms with van der Waals surface area (Å²) in [6.45, 7) is 13.1. The molecule has 0 saturated carbocycles. The SMILES string of the molecule is CCCCCON1P(OCCCCC)N=P(OCCCCC)(Oc2ccccc2)N(OCCCCC)[P+]1(CO)OCCCCC. The first kappa shape index (κ1) is 41.0. The van der Waals surface area contributed by atoms with Gasteiger partial charge in [-0.25, -0.2) is 0 Å². The number of para-hydroxylation sites is 1. The summed E-state index contributed by atoms with van der Waals surface area (Å²) in [5, 5.41) is 11.5. The van der Waals surface area contributed by atoms with Gasteiger partial charge in [0.25, 0.3) is 0 Å². The van der Waals surface area contributed by atoms with Crippen molar-refractivity contribution in [3.8, 4) is 5.75 Å². The van der Waals surface area contributed by atoms with Gasteiger partial charge in [0.15, 0.2) is 0 Å². The quantitative estimate of drug-likeness (QED) is 0.0679. The lowest BCUT2D eigenvalue weighted by molar-refractivity contribution is -0.0917. The third-order valence-corrected chi connectivity index (χ3v) is 16.1. The molecule has 0 fully saturated rings. The molecule has 0 radical (unpaired) electrons. The Morgan fingerprint density at radius 3 is 1.80 bits per heavy atom. The van der Waals surface area contributed by atoms with Crippen LogP contribution in [0.25, 0.3) is 0 Å². The number of unbranched alkanes of at least 4 members (excludes halogenated alkanes) is 10. The lowest BCUT2D eigenvalue weighted by Gasteiger charge is -2.45. The zero-order valence-corrected chi connectivity index (χ0v) is 31.5. The highest BCUT2D eigenvalue weighted by Crippen LogP contribution is 2.87. The molecule has 1 heterocycles. The van der Waals surface area contributed by atoms with E-state index in [0.29, 0.717) is 38.8 Å². The zero-order valence-electron chi connectivity index (χ0n) is 28.8. The average molecular weight is 695 g/mol. The molecule has 0 amide bonds. The Morgan fingerprint density at radius 2 is 1.22 bits per heavy atom. The van der Waals surface area contributed by atoms with Crippen molar-refractivity contribution in [3.05, 3.63) is 30.3 Å². The van der Waals surface area contributed by atoms with Crippen molar-refractivity contribution < 1.29 is 32.9 Å². The van der Waals surface area contributed by atoms with Crippen LogP contribution in [0.5, 0.6) is 5.75 Å². The third-order valence-electron chi connectivity index (χ3n) is 7.16. The molecule has 0 spiro atoms. The summed E-state index contributed by atoms with van der Waals surface area (Å²) in [6.07, 6.45) is 14.4. The van der Waals surface area contributed by atoms with Crippen LogP contribution in [0.1, 0.15) is 131 Å². The van der Waals surface area contributed by atoms with Gasteiger partial charge in [-0.15, -0.1) is 0 Å². The molecular weight excluding hydrogens is 631 g/mol. The summed E-state index contributed by atoms with van der Waals surface area (Å²) in [5.41, 5.74) is 0. The summed E-state index contributed by atoms with van der Waals surface area (Å²) in [4.78, 5) is 13.2. The molecular formula is C32H63N3O7P3+. The fraction of sp³-hybridized carbons (Fsp3) is 0.812. The van der Waals surface area contributed by atoms with Crippen molar-refractivity contribution in [2.75, 3.05) is 39.4 Å². The molecule has 1 aliphatic rings. The number of rotatable bonds is 28. The Balaban J connectivity index is 2.75. The summed E-state index contributed by atoms with van der Waals surface area (Å²) in [7, 11) is -8.45. The maximum absolute atomic E-state index is 11.5. The fourth-order valence-electron chi connectivity index (χ4n) is 4.52. The van der Waals surface area contributed by atoms with E-state index in [1.807, 2.05) is 30.3 Å². The second-order valence-electron chi connectivity index (χ2n) is 11.3. The van der Waals surface area contributed by atoms with E-state index in [4.69, 9.17) is 32.3 Å². The van der Waals surface area contributed by atoms with Crippen molar-refractivity contribution in [2.24, 2.45) is 4.52 Å². The summed E-state index contributed by atoms with van der Waals surface area (Å²) in [6, 6.07) is 9.63. The van der Waals surface area contributed by atoms with E-state index in [0.717, 1.165) is 96.3 Å². The van der Waals surface area contributed by atoms with Crippen LogP contribution in [0, 0.1) is 0 Å². The molecule has 1 N–H and O–H groups in total.